The second kappa shape index (κ2) is 10.6. The predicted molar refractivity (Wildman–Crippen MR) is 178 cm³/mol. The molecule has 0 fully saturated rings. The normalized spacial score (nSPS) is 11.5. The summed E-state index contributed by atoms with van der Waals surface area (Å²) in [5.41, 5.74) is 9.84. The van der Waals surface area contributed by atoms with Crippen molar-refractivity contribution in [2.24, 2.45) is 0 Å². The van der Waals surface area contributed by atoms with Gasteiger partial charge in [0.05, 0.1) is 11.9 Å². The van der Waals surface area contributed by atoms with Crippen LogP contribution in [0.5, 0.6) is 0 Å². The van der Waals surface area contributed by atoms with E-state index in [2.05, 4.69) is 19.9 Å². The van der Waals surface area contributed by atoms with Crippen molar-refractivity contribution < 1.29 is 13.3 Å². The van der Waals surface area contributed by atoms with Gasteiger partial charge in [0.2, 0.25) is 17.7 Å². The van der Waals surface area contributed by atoms with Gasteiger partial charge in [-0.2, -0.15) is 0 Å². The molecule has 4 heterocycles. The smallest absolute Gasteiger partial charge is 0.246 e. The van der Waals surface area contributed by atoms with Gasteiger partial charge in [-0.3, -0.25) is 0 Å². The van der Waals surface area contributed by atoms with Crippen molar-refractivity contribution in [1.29, 1.82) is 0 Å². The van der Waals surface area contributed by atoms with E-state index in [-0.39, 0.29) is 0 Å². The van der Waals surface area contributed by atoms with Crippen LogP contribution in [-0.4, -0.2) is 19.9 Å². The predicted octanol–water partition coefficient (Wildman–Crippen LogP) is 9.98. The molecule has 0 radical (unpaired) electrons. The van der Waals surface area contributed by atoms with Crippen LogP contribution in [0.4, 0.5) is 17.1 Å². The van der Waals surface area contributed by atoms with Crippen LogP contribution in [0.2, 0.25) is 0 Å². The van der Waals surface area contributed by atoms with Gasteiger partial charge in [-0.25, -0.2) is 19.9 Å². The lowest BCUT2D eigenvalue weighted by atomic mass is 10.1. The molecule has 0 saturated heterocycles. The number of pyridine rings is 1. The number of hydrogen-bond acceptors (Lipinski definition) is 8. The van der Waals surface area contributed by atoms with Crippen molar-refractivity contribution in [3.05, 3.63) is 140 Å². The minimum atomic E-state index is 0.477. The van der Waals surface area contributed by atoms with Crippen LogP contribution in [0, 0.1) is 0 Å². The van der Waals surface area contributed by atoms with E-state index in [0.717, 1.165) is 61.5 Å². The molecule has 0 aliphatic carbocycles. The first-order chi connectivity index (χ1) is 22.7. The molecular formula is C38H23N5O3. The number of rotatable bonds is 6. The standard InChI is InChI=1S/C38H23N5O3/c1-4-10-33-29(7-1)40-36(44-33)24-13-17-26(18-14-24)43(27-19-15-25(16-20-27)37-41-30-8-2-5-11-34(30)45-37)28-21-22-32(39-23-28)38-42-31-9-3-6-12-35(31)46-38/h1-23H. The summed E-state index contributed by atoms with van der Waals surface area (Å²) in [4.78, 5) is 20.8. The number of benzene rings is 5. The van der Waals surface area contributed by atoms with Crippen LogP contribution in [-0.2, 0) is 0 Å². The monoisotopic (exact) mass is 597 g/mol. The Morgan fingerprint density at radius 1 is 0.391 bits per heavy atom. The van der Waals surface area contributed by atoms with Crippen LogP contribution < -0.4 is 4.90 Å². The minimum Gasteiger partial charge on any atom is -0.436 e. The Morgan fingerprint density at radius 2 is 0.804 bits per heavy atom. The second-order valence-corrected chi connectivity index (χ2v) is 10.8. The molecule has 0 aliphatic rings. The van der Waals surface area contributed by atoms with E-state index in [1.165, 1.54) is 0 Å². The molecular weight excluding hydrogens is 574 g/mol. The maximum Gasteiger partial charge on any atom is 0.246 e. The Hall–Kier alpha value is -6.54. The van der Waals surface area contributed by atoms with Gasteiger partial charge in [0.15, 0.2) is 16.7 Å². The van der Waals surface area contributed by atoms with Gasteiger partial charge in [0.1, 0.15) is 22.2 Å². The van der Waals surface area contributed by atoms with E-state index < -0.39 is 0 Å². The summed E-state index contributed by atoms with van der Waals surface area (Å²) in [5, 5.41) is 0. The first-order valence-electron chi connectivity index (χ1n) is 14.8. The summed E-state index contributed by atoms with van der Waals surface area (Å²) in [6.07, 6.45) is 1.83. The fourth-order valence-electron chi connectivity index (χ4n) is 5.57. The van der Waals surface area contributed by atoms with Crippen molar-refractivity contribution >= 4 is 50.4 Å². The molecule has 0 atom stereocenters. The molecule has 5 aromatic carbocycles. The SMILES string of the molecule is c1ccc2oc(-c3ccc(N(c4ccc(-c5nc6ccccc6o5)cc4)c4ccc(-c5nc6ccccc6o5)nc4)cc3)nc2c1. The highest BCUT2D eigenvalue weighted by atomic mass is 16.4. The summed E-state index contributed by atoms with van der Waals surface area (Å²) in [6.45, 7) is 0. The van der Waals surface area contributed by atoms with E-state index in [9.17, 15) is 0 Å². The molecule has 0 aliphatic heterocycles. The zero-order chi connectivity index (χ0) is 30.5. The lowest BCUT2D eigenvalue weighted by Crippen LogP contribution is -2.10. The van der Waals surface area contributed by atoms with Crippen LogP contribution in [0.25, 0.3) is 67.8 Å². The van der Waals surface area contributed by atoms with Crippen molar-refractivity contribution in [3.63, 3.8) is 0 Å². The topological polar surface area (TPSA) is 94.2 Å². The third-order valence-electron chi connectivity index (χ3n) is 7.85. The second-order valence-electron chi connectivity index (χ2n) is 10.8. The van der Waals surface area contributed by atoms with E-state index in [0.29, 0.717) is 23.4 Å². The van der Waals surface area contributed by atoms with E-state index in [4.69, 9.17) is 18.2 Å². The number of nitrogens with zero attached hydrogens (tertiary/aromatic N) is 5. The largest absolute Gasteiger partial charge is 0.436 e. The van der Waals surface area contributed by atoms with Crippen molar-refractivity contribution in [3.8, 4) is 34.5 Å². The summed E-state index contributed by atoms with van der Waals surface area (Å²) < 4.78 is 18.0. The van der Waals surface area contributed by atoms with Crippen molar-refractivity contribution in [2.75, 3.05) is 4.90 Å². The van der Waals surface area contributed by atoms with Crippen LogP contribution in [0.3, 0.4) is 0 Å². The molecule has 0 N–H and O–H groups in total. The minimum absolute atomic E-state index is 0.477. The van der Waals surface area contributed by atoms with E-state index in [1.54, 1.807) is 0 Å². The number of hydrogen-bond donors (Lipinski definition) is 0. The van der Waals surface area contributed by atoms with Crippen LogP contribution in [0.15, 0.2) is 153 Å². The fourth-order valence-corrected chi connectivity index (χ4v) is 5.57. The lowest BCUT2D eigenvalue weighted by molar-refractivity contribution is 0.616. The maximum atomic E-state index is 6.01. The maximum absolute atomic E-state index is 6.01. The molecule has 0 unspecified atom stereocenters. The number of oxazole rings is 3. The highest BCUT2D eigenvalue weighted by molar-refractivity contribution is 5.82. The average molecular weight is 598 g/mol. The Labute approximate surface area is 262 Å². The van der Waals surface area contributed by atoms with Gasteiger partial charge < -0.3 is 18.2 Å². The fraction of sp³-hybridized carbons (Fsp3) is 0. The van der Waals surface area contributed by atoms with E-state index in [1.807, 2.05) is 140 Å². The first-order valence-corrected chi connectivity index (χ1v) is 14.8. The molecule has 9 rings (SSSR count). The third-order valence-corrected chi connectivity index (χ3v) is 7.85. The zero-order valence-electron chi connectivity index (χ0n) is 24.2. The molecule has 8 heteroatoms. The quantitative estimate of drug-likeness (QED) is 0.187. The number of aromatic nitrogens is 4. The molecule has 8 nitrogen and oxygen atoms in total. The summed E-state index contributed by atoms with van der Waals surface area (Å²) >= 11 is 0. The molecule has 9 aromatic rings. The summed E-state index contributed by atoms with van der Waals surface area (Å²) in [5.74, 6) is 1.63. The highest BCUT2D eigenvalue weighted by Crippen LogP contribution is 2.37. The number of para-hydroxylation sites is 6. The first kappa shape index (κ1) is 25.9. The Kier molecular flexibility index (Phi) is 5.95. The van der Waals surface area contributed by atoms with Crippen molar-refractivity contribution in [2.45, 2.75) is 0 Å². The Morgan fingerprint density at radius 3 is 1.24 bits per heavy atom. The molecule has 0 amide bonds. The molecule has 0 spiro atoms. The Balaban J connectivity index is 1.09. The Bertz CT molecular complexity index is 2100. The van der Waals surface area contributed by atoms with E-state index >= 15 is 0 Å². The van der Waals surface area contributed by atoms with Crippen molar-refractivity contribution in [1.82, 2.24) is 19.9 Å². The summed E-state index contributed by atoms with van der Waals surface area (Å²) in [6, 6.07) is 43.4. The number of fused-ring (bicyclic) bond motifs is 3. The molecule has 46 heavy (non-hydrogen) atoms. The lowest BCUT2D eigenvalue weighted by Gasteiger charge is -2.25. The zero-order valence-corrected chi connectivity index (χ0v) is 24.2. The number of anilines is 3. The van der Waals surface area contributed by atoms with Crippen LogP contribution in [0.1, 0.15) is 0 Å². The molecule has 0 saturated carbocycles. The van der Waals surface area contributed by atoms with Gasteiger partial charge in [-0.05, 0) is 97.1 Å². The highest BCUT2D eigenvalue weighted by Gasteiger charge is 2.17. The third kappa shape index (κ3) is 4.56. The van der Waals surface area contributed by atoms with Gasteiger partial charge in [0, 0.05) is 22.5 Å². The van der Waals surface area contributed by atoms with Gasteiger partial charge >= 0.3 is 0 Å². The summed E-state index contributed by atoms with van der Waals surface area (Å²) in [7, 11) is 0. The molecule has 218 valence electrons. The van der Waals surface area contributed by atoms with Gasteiger partial charge in [-0.1, -0.05) is 36.4 Å². The average Bonchev–Trinajstić information content (AvgIpc) is 3.86. The molecule has 0 bridgehead atoms. The molecule has 4 aromatic heterocycles. The van der Waals surface area contributed by atoms with Gasteiger partial charge in [0.25, 0.3) is 0 Å². The van der Waals surface area contributed by atoms with Crippen LogP contribution >= 0.6 is 0 Å². The van der Waals surface area contributed by atoms with Gasteiger partial charge in [-0.15, -0.1) is 0 Å².